The normalized spacial score (nSPS) is 12.4. The van der Waals surface area contributed by atoms with Crippen molar-refractivity contribution in [3.8, 4) is 11.5 Å². The fourth-order valence-corrected chi connectivity index (χ4v) is 2.66. The van der Waals surface area contributed by atoms with Gasteiger partial charge in [0.05, 0.1) is 26.9 Å². The Kier molecular flexibility index (Phi) is 6.21. The Hall–Kier alpha value is -1.82. The summed E-state index contributed by atoms with van der Waals surface area (Å²) in [6, 6.07) is 10.9. The van der Waals surface area contributed by atoms with Gasteiger partial charge in [0, 0.05) is 10.0 Å². The summed E-state index contributed by atoms with van der Waals surface area (Å²) in [6.45, 7) is -0.101. The summed E-state index contributed by atoms with van der Waals surface area (Å²) in [5.41, 5.74) is 2.27. The zero-order chi connectivity index (χ0) is 16.8. The Balaban J connectivity index is 2.26. The van der Waals surface area contributed by atoms with Crippen molar-refractivity contribution in [1.82, 2.24) is 0 Å². The van der Waals surface area contributed by atoms with Crippen LogP contribution in [0.3, 0.4) is 0 Å². The molecule has 0 radical (unpaired) electrons. The van der Waals surface area contributed by atoms with Crippen molar-refractivity contribution in [1.29, 1.82) is 0 Å². The number of benzene rings is 2. The van der Waals surface area contributed by atoms with Crippen molar-refractivity contribution in [2.75, 3.05) is 14.2 Å². The van der Waals surface area contributed by atoms with Crippen molar-refractivity contribution in [2.24, 2.45) is 0 Å². The summed E-state index contributed by atoms with van der Waals surface area (Å²) in [6.07, 6.45) is 2.65. The van der Waals surface area contributed by atoms with E-state index in [1.54, 1.807) is 38.5 Å². The largest absolute Gasteiger partial charge is 0.497 e. The van der Waals surface area contributed by atoms with Crippen molar-refractivity contribution >= 4 is 22.0 Å². The van der Waals surface area contributed by atoms with Crippen LogP contribution in [-0.2, 0) is 6.61 Å². The summed E-state index contributed by atoms with van der Waals surface area (Å²) in [4.78, 5) is 0. The number of methoxy groups -OCH3 is 2. The van der Waals surface area contributed by atoms with Crippen LogP contribution in [0.5, 0.6) is 11.5 Å². The summed E-state index contributed by atoms with van der Waals surface area (Å²) < 4.78 is 11.1. The summed E-state index contributed by atoms with van der Waals surface area (Å²) >= 11 is 3.43. The molecule has 0 bridgehead atoms. The van der Waals surface area contributed by atoms with E-state index < -0.39 is 6.10 Å². The fraction of sp³-hybridized carbons (Fsp3) is 0.222. The van der Waals surface area contributed by atoms with E-state index >= 15 is 0 Å². The van der Waals surface area contributed by atoms with Gasteiger partial charge in [-0.05, 0) is 41.5 Å². The molecular formula is C18H19BrO4. The predicted octanol–water partition coefficient (Wildman–Crippen LogP) is 3.71. The molecule has 0 saturated heterocycles. The number of hydrogen-bond acceptors (Lipinski definition) is 4. The monoisotopic (exact) mass is 378 g/mol. The molecule has 23 heavy (non-hydrogen) atoms. The molecule has 0 aliphatic carbocycles. The molecule has 2 aromatic rings. The highest BCUT2D eigenvalue weighted by Crippen LogP contribution is 2.29. The van der Waals surface area contributed by atoms with E-state index in [0.717, 1.165) is 15.6 Å². The van der Waals surface area contributed by atoms with Gasteiger partial charge in [0.15, 0.2) is 0 Å². The lowest BCUT2D eigenvalue weighted by atomic mass is 10.0. The first-order chi connectivity index (χ1) is 11.1. The Labute approximate surface area is 144 Å². The lowest BCUT2D eigenvalue weighted by molar-refractivity contribution is 0.228. The average molecular weight is 379 g/mol. The predicted molar refractivity (Wildman–Crippen MR) is 93.6 cm³/mol. The van der Waals surface area contributed by atoms with Gasteiger partial charge in [-0.15, -0.1) is 0 Å². The minimum absolute atomic E-state index is 0.101. The lowest BCUT2D eigenvalue weighted by Crippen LogP contribution is -1.96. The SMILES string of the molecule is COc1ccc(/C=C/C(O)c2cc(OC)ccc2Br)c(CO)c1. The van der Waals surface area contributed by atoms with Gasteiger partial charge in [0.2, 0.25) is 0 Å². The molecule has 0 spiro atoms. The molecule has 0 heterocycles. The molecule has 2 N–H and O–H groups in total. The van der Waals surface area contributed by atoms with Crippen LogP contribution >= 0.6 is 15.9 Å². The Morgan fingerprint density at radius 1 is 1.09 bits per heavy atom. The van der Waals surface area contributed by atoms with Gasteiger partial charge in [-0.2, -0.15) is 0 Å². The Morgan fingerprint density at radius 3 is 2.39 bits per heavy atom. The van der Waals surface area contributed by atoms with Crippen molar-refractivity contribution in [2.45, 2.75) is 12.7 Å². The number of rotatable bonds is 6. The third-order valence-electron chi connectivity index (χ3n) is 3.50. The van der Waals surface area contributed by atoms with E-state index in [1.807, 2.05) is 24.3 Å². The van der Waals surface area contributed by atoms with Crippen LogP contribution in [0.15, 0.2) is 46.9 Å². The van der Waals surface area contributed by atoms with E-state index in [2.05, 4.69) is 15.9 Å². The minimum atomic E-state index is -0.798. The third-order valence-corrected chi connectivity index (χ3v) is 4.22. The highest BCUT2D eigenvalue weighted by molar-refractivity contribution is 9.10. The first-order valence-electron chi connectivity index (χ1n) is 7.06. The minimum Gasteiger partial charge on any atom is -0.497 e. The summed E-state index contributed by atoms with van der Waals surface area (Å²) in [7, 11) is 3.16. The molecule has 0 aliphatic rings. The molecule has 1 atom stereocenters. The van der Waals surface area contributed by atoms with Crippen LogP contribution in [0.2, 0.25) is 0 Å². The number of ether oxygens (including phenoxy) is 2. The van der Waals surface area contributed by atoms with E-state index in [1.165, 1.54) is 0 Å². The second-order valence-electron chi connectivity index (χ2n) is 4.91. The van der Waals surface area contributed by atoms with Crippen LogP contribution in [0.1, 0.15) is 22.8 Å². The molecule has 0 aliphatic heterocycles. The highest BCUT2D eigenvalue weighted by Gasteiger charge is 2.10. The lowest BCUT2D eigenvalue weighted by Gasteiger charge is -2.11. The Morgan fingerprint density at radius 2 is 1.74 bits per heavy atom. The van der Waals surface area contributed by atoms with Crippen LogP contribution < -0.4 is 9.47 Å². The first kappa shape index (κ1) is 17.5. The molecule has 2 aromatic carbocycles. The summed E-state index contributed by atoms with van der Waals surface area (Å²) in [5.74, 6) is 1.36. The van der Waals surface area contributed by atoms with Crippen molar-refractivity contribution in [3.05, 3.63) is 63.6 Å². The third kappa shape index (κ3) is 4.34. The maximum Gasteiger partial charge on any atom is 0.119 e. The second-order valence-corrected chi connectivity index (χ2v) is 5.77. The molecule has 1 unspecified atom stereocenters. The van der Waals surface area contributed by atoms with Gasteiger partial charge in [0.25, 0.3) is 0 Å². The smallest absolute Gasteiger partial charge is 0.119 e. The maximum atomic E-state index is 10.4. The quantitative estimate of drug-likeness (QED) is 0.804. The number of aliphatic hydroxyl groups excluding tert-OH is 2. The zero-order valence-corrected chi connectivity index (χ0v) is 14.6. The Bertz CT molecular complexity index is 697. The molecule has 4 nitrogen and oxygen atoms in total. The van der Waals surface area contributed by atoms with Gasteiger partial charge in [0.1, 0.15) is 11.5 Å². The zero-order valence-electron chi connectivity index (χ0n) is 13.0. The molecule has 122 valence electrons. The van der Waals surface area contributed by atoms with E-state index in [0.29, 0.717) is 17.1 Å². The number of halogens is 1. The van der Waals surface area contributed by atoms with Crippen LogP contribution in [0.25, 0.3) is 6.08 Å². The van der Waals surface area contributed by atoms with Crippen LogP contribution in [-0.4, -0.2) is 24.4 Å². The topological polar surface area (TPSA) is 58.9 Å². The van der Waals surface area contributed by atoms with Crippen molar-refractivity contribution < 1.29 is 19.7 Å². The van der Waals surface area contributed by atoms with E-state index in [-0.39, 0.29) is 6.61 Å². The first-order valence-corrected chi connectivity index (χ1v) is 7.85. The average Bonchev–Trinajstić information content (AvgIpc) is 2.59. The van der Waals surface area contributed by atoms with Gasteiger partial charge in [-0.1, -0.05) is 34.1 Å². The van der Waals surface area contributed by atoms with E-state index in [4.69, 9.17) is 9.47 Å². The molecule has 0 fully saturated rings. The van der Waals surface area contributed by atoms with Gasteiger partial charge in [-0.3, -0.25) is 0 Å². The van der Waals surface area contributed by atoms with E-state index in [9.17, 15) is 10.2 Å². The fourth-order valence-electron chi connectivity index (χ4n) is 2.18. The van der Waals surface area contributed by atoms with Gasteiger partial charge >= 0.3 is 0 Å². The second kappa shape index (κ2) is 8.15. The highest BCUT2D eigenvalue weighted by atomic mass is 79.9. The van der Waals surface area contributed by atoms with Crippen molar-refractivity contribution in [3.63, 3.8) is 0 Å². The van der Waals surface area contributed by atoms with Crippen LogP contribution in [0, 0.1) is 0 Å². The number of aliphatic hydroxyl groups is 2. The van der Waals surface area contributed by atoms with Gasteiger partial charge < -0.3 is 19.7 Å². The van der Waals surface area contributed by atoms with Gasteiger partial charge in [-0.25, -0.2) is 0 Å². The molecule has 0 saturated carbocycles. The molecular weight excluding hydrogens is 360 g/mol. The molecule has 0 aromatic heterocycles. The number of hydrogen-bond donors (Lipinski definition) is 2. The van der Waals surface area contributed by atoms with Crippen LogP contribution in [0.4, 0.5) is 0 Å². The maximum absolute atomic E-state index is 10.4. The molecule has 0 amide bonds. The summed E-state index contributed by atoms with van der Waals surface area (Å²) in [5, 5.41) is 19.8. The molecule has 5 heteroatoms. The molecule has 2 rings (SSSR count). The standard InChI is InChI=1S/C18H19BrO4/c1-22-14-5-3-12(13(9-14)11-20)4-8-18(21)16-10-15(23-2)6-7-17(16)19/h3-10,18,20-21H,11H2,1-2H3/b8-4+.